The summed E-state index contributed by atoms with van der Waals surface area (Å²) in [7, 11) is 1.60. The zero-order valence-corrected chi connectivity index (χ0v) is 56.5. The van der Waals surface area contributed by atoms with E-state index in [1.165, 1.54) is 340 Å². The fourth-order valence-corrected chi connectivity index (χ4v) is 12.3. The molecule has 0 saturated heterocycles. The van der Waals surface area contributed by atoms with Crippen LogP contribution in [0, 0.1) is 0 Å². The minimum absolute atomic E-state index is 0.0655. The highest BCUT2D eigenvalue weighted by Gasteiger charge is 2.28. The molecule has 484 valence electrons. The van der Waals surface area contributed by atoms with Gasteiger partial charge in [0.2, 0.25) is 5.91 Å². The van der Waals surface area contributed by atoms with Crippen LogP contribution >= 0.6 is 7.82 Å². The Morgan fingerprint density at radius 1 is 0.407 bits per heavy atom. The van der Waals surface area contributed by atoms with Crippen LogP contribution in [-0.4, -0.2) is 73.4 Å². The molecule has 0 aromatic carbocycles. The summed E-state index contributed by atoms with van der Waals surface area (Å²) >= 11 is 0. The number of aliphatic hydroxyl groups is 1. The van der Waals surface area contributed by atoms with E-state index in [4.69, 9.17) is 9.05 Å². The molecule has 0 bridgehead atoms. The number of hydrogen-bond donors (Lipinski definition) is 3. The molecule has 0 rings (SSSR count). The predicted molar refractivity (Wildman–Crippen MR) is 355 cm³/mol. The van der Waals surface area contributed by atoms with Crippen molar-refractivity contribution >= 4 is 13.7 Å². The summed E-state index contributed by atoms with van der Waals surface area (Å²) in [6.07, 6.45) is 82.4. The van der Waals surface area contributed by atoms with Crippen molar-refractivity contribution in [3.63, 3.8) is 0 Å². The van der Waals surface area contributed by atoms with Crippen LogP contribution in [0.5, 0.6) is 0 Å². The minimum atomic E-state index is -4.35. The highest BCUT2D eigenvalue weighted by Crippen LogP contribution is 2.43. The third-order valence-electron chi connectivity index (χ3n) is 17.3. The van der Waals surface area contributed by atoms with Crippen LogP contribution in [-0.2, 0) is 18.4 Å². The molecule has 0 heterocycles. The van der Waals surface area contributed by atoms with E-state index in [1.807, 2.05) is 27.2 Å². The van der Waals surface area contributed by atoms with Gasteiger partial charge < -0.3 is 19.8 Å². The van der Waals surface area contributed by atoms with Crippen LogP contribution in [0.4, 0.5) is 0 Å². The standard InChI is InChI=1S/C72H145N2O6P/c1-6-8-10-12-14-16-18-20-22-24-26-28-30-31-32-33-34-35-36-37-38-39-40-41-42-43-44-46-48-50-52-54-56-58-60-62-64-66-72(76)73-70(69-80-81(77,78)79-68-67-74(3,4)5)71(75)65-63-61-59-57-55-53-51-49-47-45-29-27-25-23-21-19-17-15-13-11-9-7-2/h63,65,70-71,75H,6-62,64,66-69H2,1-5H3,(H-,73,76,77,78)/p+1/b65-63+. The zero-order valence-electron chi connectivity index (χ0n) is 55.6. The van der Waals surface area contributed by atoms with Gasteiger partial charge >= 0.3 is 7.82 Å². The second-order valence-electron chi connectivity index (χ2n) is 26.7. The highest BCUT2D eigenvalue weighted by atomic mass is 31.2. The zero-order chi connectivity index (χ0) is 59.1. The lowest BCUT2D eigenvalue weighted by atomic mass is 10.0. The van der Waals surface area contributed by atoms with Crippen molar-refractivity contribution in [1.29, 1.82) is 0 Å². The number of allylic oxidation sites excluding steroid dienone is 1. The minimum Gasteiger partial charge on any atom is -0.387 e. The van der Waals surface area contributed by atoms with Crippen molar-refractivity contribution in [3.05, 3.63) is 12.2 Å². The molecule has 8 nitrogen and oxygen atoms in total. The lowest BCUT2D eigenvalue weighted by Crippen LogP contribution is -2.45. The van der Waals surface area contributed by atoms with Gasteiger partial charge in [0, 0.05) is 6.42 Å². The van der Waals surface area contributed by atoms with Gasteiger partial charge in [-0.3, -0.25) is 13.8 Å². The number of carbonyl (C=O) groups excluding carboxylic acids is 1. The number of nitrogens with one attached hydrogen (secondary N) is 1. The molecular formula is C72H146N2O6P+. The number of phosphoric ester groups is 1. The van der Waals surface area contributed by atoms with Gasteiger partial charge in [-0.1, -0.05) is 379 Å². The van der Waals surface area contributed by atoms with E-state index in [-0.39, 0.29) is 19.1 Å². The first-order chi connectivity index (χ1) is 39.5. The molecule has 0 aromatic heterocycles. The quantitative estimate of drug-likeness (QED) is 0.0243. The molecule has 0 fully saturated rings. The monoisotopic (exact) mass is 1170 g/mol. The van der Waals surface area contributed by atoms with Gasteiger partial charge in [0.05, 0.1) is 39.9 Å². The number of aliphatic hydroxyl groups excluding tert-OH is 1. The number of amides is 1. The fraction of sp³-hybridized carbons (Fsp3) is 0.958. The van der Waals surface area contributed by atoms with Crippen LogP contribution in [0.1, 0.15) is 393 Å². The van der Waals surface area contributed by atoms with E-state index in [2.05, 4.69) is 19.2 Å². The molecule has 0 radical (unpaired) electrons. The average molecular weight is 1170 g/mol. The fourth-order valence-electron chi connectivity index (χ4n) is 11.6. The predicted octanol–water partition coefficient (Wildman–Crippen LogP) is 23.3. The van der Waals surface area contributed by atoms with Crippen LogP contribution in [0.25, 0.3) is 0 Å². The summed E-state index contributed by atoms with van der Waals surface area (Å²) in [5, 5.41) is 14.0. The smallest absolute Gasteiger partial charge is 0.387 e. The van der Waals surface area contributed by atoms with Crippen molar-refractivity contribution in [2.24, 2.45) is 0 Å². The van der Waals surface area contributed by atoms with Crippen molar-refractivity contribution in [1.82, 2.24) is 5.32 Å². The maximum Gasteiger partial charge on any atom is 0.472 e. The second-order valence-corrected chi connectivity index (χ2v) is 28.1. The van der Waals surface area contributed by atoms with Gasteiger partial charge in [-0.15, -0.1) is 0 Å². The number of carbonyl (C=O) groups is 1. The number of hydrogen-bond acceptors (Lipinski definition) is 5. The summed E-state index contributed by atoms with van der Waals surface area (Å²) in [5.74, 6) is -0.167. The second kappa shape index (κ2) is 63.7. The van der Waals surface area contributed by atoms with Crippen molar-refractivity contribution in [2.45, 2.75) is 405 Å². The van der Waals surface area contributed by atoms with E-state index in [1.54, 1.807) is 6.08 Å². The van der Waals surface area contributed by atoms with E-state index in [0.717, 1.165) is 32.1 Å². The molecule has 0 aliphatic carbocycles. The molecule has 81 heavy (non-hydrogen) atoms. The molecule has 0 aliphatic heterocycles. The SMILES string of the molecule is CCCCCCCCCCCCCCCCCCCCCC/C=C/C(O)C(COP(=O)(O)OCC[N+](C)(C)C)NC(=O)CCCCCCCCCCCCCCCCCCCCCCCCCCCCCCCCCCCCCCC. The van der Waals surface area contributed by atoms with Gasteiger partial charge in [0.25, 0.3) is 0 Å². The molecule has 0 saturated carbocycles. The lowest BCUT2D eigenvalue weighted by molar-refractivity contribution is -0.870. The summed E-state index contributed by atoms with van der Waals surface area (Å²) in [6.45, 7) is 4.89. The molecule has 0 aliphatic rings. The molecule has 1 amide bonds. The number of nitrogens with zero attached hydrogens (tertiary/aromatic N) is 1. The largest absolute Gasteiger partial charge is 0.472 e. The molecule has 3 atom stereocenters. The summed E-state index contributed by atoms with van der Waals surface area (Å²) in [6, 6.07) is -0.844. The van der Waals surface area contributed by atoms with E-state index < -0.39 is 20.0 Å². The highest BCUT2D eigenvalue weighted by molar-refractivity contribution is 7.47. The van der Waals surface area contributed by atoms with Gasteiger partial charge in [0.15, 0.2) is 0 Å². The van der Waals surface area contributed by atoms with Gasteiger partial charge in [0.1, 0.15) is 13.2 Å². The Morgan fingerprint density at radius 2 is 0.654 bits per heavy atom. The van der Waals surface area contributed by atoms with Gasteiger partial charge in [-0.2, -0.15) is 0 Å². The number of rotatable bonds is 69. The Kier molecular flexibility index (Phi) is 63.1. The molecule has 3 unspecified atom stereocenters. The Labute approximate surface area is 507 Å². The van der Waals surface area contributed by atoms with E-state index >= 15 is 0 Å². The molecule has 0 spiro atoms. The van der Waals surface area contributed by atoms with Crippen LogP contribution in [0.3, 0.4) is 0 Å². The van der Waals surface area contributed by atoms with Crippen molar-refractivity contribution < 1.29 is 32.9 Å². The normalized spacial score (nSPS) is 13.6. The van der Waals surface area contributed by atoms with Crippen LogP contribution < -0.4 is 5.32 Å². The average Bonchev–Trinajstić information content (AvgIpc) is 3.43. The number of likely N-dealkylation sites (N-methyl/N-ethyl adjacent to an activating group) is 1. The Bertz CT molecular complexity index is 1320. The number of quaternary nitrogens is 1. The molecule has 0 aromatic rings. The summed E-state index contributed by atoms with van der Waals surface area (Å²) in [4.78, 5) is 23.4. The maximum atomic E-state index is 13.1. The van der Waals surface area contributed by atoms with Crippen LogP contribution in [0.2, 0.25) is 0 Å². The third-order valence-corrected chi connectivity index (χ3v) is 18.2. The van der Waals surface area contributed by atoms with Gasteiger partial charge in [-0.25, -0.2) is 4.57 Å². The summed E-state index contributed by atoms with van der Waals surface area (Å²) < 4.78 is 23.8. The first kappa shape index (κ1) is 80.2. The number of unbranched alkanes of at least 4 members (excludes halogenated alkanes) is 56. The Morgan fingerprint density at radius 3 is 0.914 bits per heavy atom. The first-order valence-corrected chi connectivity index (χ1v) is 38.1. The first-order valence-electron chi connectivity index (χ1n) is 36.6. The van der Waals surface area contributed by atoms with E-state index in [0.29, 0.717) is 17.4 Å². The van der Waals surface area contributed by atoms with Gasteiger partial charge in [-0.05, 0) is 19.3 Å². The lowest BCUT2D eigenvalue weighted by Gasteiger charge is -2.25. The molecule has 3 N–H and O–H groups in total. The topological polar surface area (TPSA) is 105 Å². The van der Waals surface area contributed by atoms with E-state index in [9.17, 15) is 19.4 Å². The maximum absolute atomic E-state index is 13.1. The van der Waals surface area contributed by atoms with Crippen LogP contribution in [0.15, 0.2) is 12.2 Å². The summed E-state index contributed by atoms with van der Waals surface area (Å²) in [5.41, 5.74) is 0. The Hall–Kier alpha value is -0.760. The third kappa shape index (κ3) is 66.6. The number of phosphoric acid groups is 1. The molecular weight excluding hydrogens is 1020 g/mol. The van der Waals surface area contributed by atoms with Crippen molar-refractivity contribution in [2.75, 3.05) is 40.9 Å². The van der Waals surface area contributed by atoms with Crippen molar-refractivity contribution in [3.8, 4) is 0 Å². The molecule has 9 heteroatoms. The Balaban J connectivity index is 3.93.